The lowest BCUT2D eigenvalue weighted by Gasteiger charge is -2.22. The number of H-pyrrole nitrogens is 1. The molecule has 1 aliphatic heterocycles. The highest BCUT2D eigenvalue weighted by Gasteiger charge is 2.21. The molecule has 2 aromatic heterocycles. The van der Waals surface area contributed by atoms with Crippen LogP contribution in [0.2, 0.25) is 0 Å². The van der Waals surface area contributed by atoms with E-state index >= 15 is 0 Å². The summed E-state index contributed by atoms with van der Waals surface area (Å²) in [5.74, 6) is 1.64. The van der Waals surface area contributed by atoms with E-state index in [9.17, 15) is 4.79 Å². The Bertz CT molecular complexity index is 1350. The first-order chi connectivity index (χ1) is 16.2. The van der Waals surface area contributed by atoms with Gasteiger partial charge in [0.05, 0.1) is 17.6 Å². The van der Waals surface area contributed by atoms with Crippen molar-refractivity contribution in [2.24, 2.45) is 0 Å². The molecule has 1 fully saturated rings. The number of hydrogen-bond acceptors (Lipinski definition) is 5. The zero-order valence-electron chi connectivity index (χ0n) is 20.3. The van der Waals surface area contributed by atoms with E-state index in [0.29, 0.717) is 11.6 Å². The average Bonchev–Trinajstić information content (AvgIpc) is 3.37. The van der Waals surface area contributed by atoms with Crippen molar-refractivity contribution in [3.8, 4) is 0 Å². The maximum Gasteiger partial charge on any atom is 0.255 e. The molecular formula is C27H32N6O. The molecule has 5 rings (SSSR count). The lowest BCUT2D eigenvalue weighted by Crippen LogP contribution is -2.26. The summed E-state index contributed by atoms with van der Waals surface area (Å²) in [6.07, 6.45) is 4.26. The van der Waals surface area contributed by atoms with Gasteiger partial charge in [0, 0.05) is 34.4 Å². The first kappa shape index (κ1) is 22.3. The normalized spacial score (nSPS) is 16.9. The van der Waals surface area contributed by atoms with Crippen molar-refractivity contribution in [3.05, 3.63) is 60.0 Å². The Hall–Kier alpha value is -3.45. The van der Waals surface area contributed by atoms with Gasteiger partial charge in [0.2, 0.25) is 0 Å². The molecule has 0 radical (unpaired) electrons. The van der Waals surface area contributed by atoms with E-state index < -0.39 is 0 Å². The van der Waals surface area contributed by atoms with E-state index in [1.165, 1.54) is 12.8 Å². The first-order valence-electron chi connectivity index (χ1n) is 12.0. The number of rotatable bonds is 5. The van der Waals surface area contributed by atoms with Crippen molar-refractivity contribution in [1.29, 1.82) is 0 Å². The highest BCUT2D eigenvalue weighted by atomic mass is 16.1. The lowest BCUT2D eigenvalue weighted by molar-refractivity contribution is 0.102. The van der Waals surface area contributed by atoms with Crippen molar-refractivity contribution >= 4 is 39.2 Å². The molecule has 0 aliphatic carbocycles. The summed E-state index contributed by atoms with van der Waals surface area (Å²) in [5.41, 5.74) is 3.09. The number of fused-ring (bicyclic) bond motifs is 2. The minimum atomic E-state index is -0.144. The molecule has 1 atom stereocenters. The molecule has 0 spiro atoms. The fourth-order valence-electron chi connectivity index (χ4n) is 4.61. The van der Waals surface area contributed by atoms with Crippen LogP contribution in [0.5, 0.6) is 0 Å². The summed E-state index contributed by atoms with van der Waals surface area (Å²) in [7, 11) is 0. The minimum Gasteiger partial charge on any atom is -0.365 e. The van der Waals surface area contributed by atoms with Crippen LogP contribution >= 0.6 is 0 Å². The summed E-state index contributed by atoms with van der Waals surface area (Å²) < 4.78 is 0. The van der Waals surface area contributed by atoms with E-state index in [1.54, 1.807) is 6.20 Å². The van der Waals surface area contributed by atoms with Crippen LogP contribution in [-0.4, -0.2) is 43.9 Å². The number of pyridine rings is 1. The summed E-state index contributed by atoms with van der Waals surface area (Å²) in [5, 5.41) is 8.43. The molecule has 7 nitrogen and oxygen atoms in total. The molecule has 0 saturated carbocycles. The van der Waals surface area contributed by atoms with Gasteiger partial charge < -0.3 is 15.6 Å². The Labute approximate surface area is 200 Å². The van der Waals surface area contributed by atoms with Gasteiger partial charge in [0.15, 0.2) is 0 Å². The van der Waals surface area contributed by atoms with Gasteiger partial charge in [-0.2, -0.15) is 0 Å². The van der Waals surface area contributed by atoms with Crippen LogP contribution < -0.4 is 10.6 Å². The summed E-state index contributed by atoms with van der Waals surface area (Å²) in [6, 6.07) is 14.0. The third kappa shape index (κ3) is 4.75. The standard InChI is InChI=1S/C27H32N6O/c1-17-6-5-13-33(17)16-24-30-22-10-8-20(15-23(22)31-24)29-26(34)19-7-9-21-18(14-19)11-12-28-25(21)32-27(2,3)4/h7-12,14-15,17H,5-6,13,16H2,1-4H3,(H,28,32)(H,29,34)(H,30,31)/t17-/m0/s1. The van der Waals surface area contributed by atoms with Crippen molar-refractivity contribution in [2.75, 3.05) is 17.2 Å². The van der Waals surface area contributed by atoms with E-state index in [0.717, 1.165) is 52.2 Å². The van der Waals surface area contributed by atoms with Gasteiger partial charge in [-0.05, 0) is 94.9 Å². The zero-order chi connectivity index (χ0) is 23.9. The molecule has 3 N–H and O–H groups in total. The Kier molecular flexibility index (Phi) is 5.73. The average molecular weight is 457 g/mol. The number of carbonyl (C=O) groups excluding carboxylic acids is 1. The number of amides is 1. The number of likely N-dealkylation sites (tertiary alicyclic amines) is 1. The van der Waals surface area contributed by atoms with Crippen molar-refractivity contribution in [3.63, 3.8) is 0 Å². The molecule has 0 bridgehead atoms. The molecule has 1 saturated heterocycles. The van der Waals surface area contributed by atoms with Crippen LogP contribution in [0.15, 0.2) is 48.7 Å². The molecule has 34 heavy (non-hydrogen) atoms. The molecule has 7 heteroatoms. The van der Waals surface area contributed by atoms with Gasteiger partial charge in [-0.25, -0.2) is 9.97 Å². The number of imidazole rings is 1. The van der Waals surface area contributed by atoms with E-state index in [2.05, 4.69) is 53.2 Å². The van der Waals surface area contributed by atoms with Gasteiger partial charge in [-0.15, -0.1) is 0 Å². The van der Waals surface area contributed by atoms with Crippen LogP contribution in [0.3, 0.4) is 0 Å². The molecule has 1 aliphatic rings. The predicted octanol–water partition coefficient (Wildman–Crippen LogP) is 5.56. The van der Waals surface area contributed by atoms with Crippen LogP contribution in [0.25, 0.3) is 21.8 Å². The lowest BCUT2D eigenvalue weighted by atomic mass is 10.1. The molecule has 3 heterocycles. The second-order valence-electron chi connectivity index (χ2n) is 10.3. The van der Waals surface area contributed by atoms with Crippen LogP contribution in [0.1, 0.15) is 56.7 Å². The largest absolute Gasteiger partial charge is 0.365 e. The second-order valence-corrected chi connectivity index (χ2v) is 10.3. The first-order valence-corrected chi connectivity index (χ1v) is 12.0. The molecule has 0 unspecified atom stereocenters. The number of hydrogen-bond donors (Lipinski definition) is 3. The zero-order valence-corrected chi connectivity index (χ0v) is 20.3. The monoisotopic (exact) mass is 456 g/mol. The van der Waals surface area contributed by atoms with Crippen molar-refractivity contribution in [2.45, 2.75) is 58.7 Å². The van der Waals surface area contributed by atoms with Crippen LogP contribution in [0, 0.1) is 0 Å². The number of anilines is 2. The summed E-state index contributed by atoms with van der Waals surface area (Å²) in [4.78, 5) is 28.1. The highest BCUT2D eigenvalue weighted by molar-refractivity contribution is 6.07. The Morgan fingerprint density at radius 1 is 1.18 bits per heavy atom. The number of aromatic nitrogens is 3. The fraction of sp³-hybridized carbons (Fsp3) is 0.370. The van der Waals surface area contributed by atoms with E-state index in [1.807, 2.05) is 42.5 Å². The molecular weight excluding hydrogens is 424 g/mol. The quantitative estimate of drug-likeness (QED) is 0.366. The molecule has 2 aromatic carbocycles. The van der Waals surface area contributed by atoms with Crippen LogP contribution in [0.4, 0.5) is 11.5 Å². The number of nitrogens with zero attached hydrogens (tertiary/aromatic N) is 3. The van der Waals surface area contributed by atoms with Gasteiger partial charge >= 0.3 is 0 Å². The summed E-state index contributed by atoms with van der Waals surface area (Å²) in [6.45, 7) is 10.5. The predicted molar refractivity (Wildman–Crippen MR) is 138 cm³/mol. The maximum atomic E-state index is 13.0. The van der Waals surface area contributed by atoms with Crippen molar-refractivity contribution in [1.82, 2.24) is 19.9 Å². The number of aromatic amines is 1. The third-order valence-electron chi connectivity index (χ3n) is 6.35. The number of nitrogens with one attached hydrogen (secondary N) is 3. The minimum absolute atomic E-state index is 0.102. The van der Waals surface area contributed by atoms with Gasteiger partial charge in [0.25, 0.3) is 5.91 Å². The maximum absolute atomic E-state index is 13.0. The molecule has 1 amide bonds. The van der Waals surface area contributed by atoms with Gasteiger partial charge in [0.1, 0.15) is 11.6 Å². The Morgan fingerprint density at radius 3 is 2.79 bits per heavy atom. The van der Waals surface area contributed by atoms with E-state index in [4.69, 9.17) is 4.98 Å². The molecule has 176 valence electrons. The second kappa shape index (κ2) is 8.72. The molecule has 4 aromatic rings. The van der Waals surface area contributed by atoms with Gasteiger partial charge in [-0.3, -0.25) is 9.69 Å². The van der Waals surface area contributed by atoms with E-state index in [-0.39, 0.29) is 11.4 Å². The number of benzene rings is 2. The Balaban J connectivity index is 1.33. The Morgan fingerprint density at radius 2 is 2.03 bits per heavy atom. The highest BCUT2D eigenvalue weighted by Crippen LogP contribution is 2.26. The fourth-order valence-corrected chi connectivity index (χ4v) is 4.61. The summed E-state index contributed by atoms with van der Waals surface area (Å²) >= 11 is 0. The third-order valence-corrected chi connectivity index (χ3v) is 6.35. The van der Waals surface area contributed by atoms with Gasteiger partial charge in [-0.1, -0.05) is 0 Å². The smallest absolute Gasteiger partial charge is 0.255 e. The SMILES string of the molecule is C[C@H]1CCCN1Cc1nc2ccc(NC(=O)c3ccc4c(NC(C)(C)C)nccc4c3)cc2[nH]1. The number of carbonyl (C=O) groups is 1. The topological polar surface area (TPSA) is 85.9 Å². The van der Waals surface area contributed by atoms with Crippen LogP contribution in [-0.2, 0) is 6.54 Å². The van der Waals surface area contributed by atoms with Crippen molar-refractivity contribution < 1.29 is 4.79 Å².